The SMILES string of the molecule is C[C@H](C(=O)Nc1cccc(S(=O)(=O)N(C)C)c1)[NH+](C)CC(=O)N(C)C. The van der Waals surface area contributed by atoms with Crippen molar-refractivity contribution in [2.45, 2.75) is 17.9 Å². The molecule has 2 atom stereocenters. The Morgan fingerprint density at radius 3 is 2.32 bits per heavy atom. The summed E-state index contributed by atoms with van der Waals surface area (Å²) in [6.45, 7) is 1.91. The van der Waals surface area contributed by atoms with Gasteiger partial charge in [0, 0.05) is 33.9 Å². The molecular weight excluding hydrogens is 344 g/mol. The third-order valence-electron chi connectivity index (χ3n) is 3.94. The van der Waals surface area contributed by atoms with Crippen LogP contribution in [0.5, 0.6) is 0 Å². The molecule has 0 spiro atoms. The third kappa shape index (κ3) is 5.52. The van der Waals surface area contributed by atoms with E-state index < -0.39 is 16.1 Å². The zero-order valence-corrected chi connectivity index (χ0v) is 16.3. The lowest BCUT2D eigenvalue weighted by Gasteiger charge is -2.22. The molecule has 0 bridgehead atoms. The zero-order chi connectivity index (χ0) is 19.4. The molecule has 0 aliphatic rings. The summed E-state index contributed by atoms with van der Waals surface area (Å²) in [6, 6.07) is 5.61. The van der Waals surface area contributed by atoms with E-state index in [1.807, 2.05) is 0 Å². The fourth-order valence-electron chi connectivity index (χ4n) is 1.97. The number of nitrogens with zero attached hydrogens (tertiary/aromatic N) is 2. The molecule has 25 heavy (non-hydrogen) atoms. The quantitative estimate of drug-likeness (QED) is 0.634. The van der Waals surface area contributed by atoms with Gasteiger partial charge in [0.1, 0.15) is 0 Å². The average Bonchev–Trinajstić information content (AvgIpc) is 2.53. The van der Waals surface area contributed by atoms with E-state index in [4.69, 9.17) is 0 Å². The van der Waals surface area contributed by atoms with Gasteiger partial charge in [-0.1, -0.05) is 6.07 Å². The first-order valence-electron chi connectivity index (χ1n) is 7.82. The molecular formula is C16H27N4O4S+. The van der Waals surface area contributed by atoms with Crippen LogP contribution in [0.2, 0.25) is 0 Å². The highest BCUT2D eigenvalue weighted by atomic mass is 32.2. The Kier molecular flexibility index (Phi) is 7.09. The maximum absolute atomic E-state index is 12.4. The molecule has 8 nitrogen and oxygen atoms in total. The van der Waals surface area contributed by atoms with Crippen molar-refractivity contribution in [2.75, 3.05) is 47.1 Å². The van der Waals surface area contributed by atoms with Gasteiger partial charge in [-0.25, -0.2) is 12.7 Å². The smallest absolute Gasteiger partial charge is 0.282 e. The van der Waals surface area contributed by atoms with Gasteiger partial charge in [0.25, 0.3) is 11.8 Å². The first-order chi connectivity index (χ1) is 11.5. The number of quaternary nitrogens is 1. The number of carbonyl (C=O) groups excluding carboxylic acids is 2. The number of hydrogen-bond donors (Lipinski definition) is 2. The number of likely N-dealkylation sites (N-methyl/N-ethyl adjacent to an activating group) is 2. The summed E-state index contributed by atoms with van der Waals surface area (Å²) in [4.78, 5) is 26.5. The zero-order valence-electron chi connectivity index (χ0n) is 15.5. The van der Waals surface area contributed by atoms with Crippen molar-refractivity contribution in [3.05, 3.63) is 24.3 Å². The van der Waals surface area contributed by atoms with Gasteiger partial charge in [-0.15, -0.1) is 0 Å². The molecule has 140 valence electrons. The Balaban J connectivity index is 2.85. The van der Waals surface area contributed by atoms with Crippen molar-refractivity contribution in [3.8, 4) is 0 Å². The van der Waals surface area contributed by atoms with Crippen LogP contribution in [0.15, 0.2) is 29.2 Å². The van der Waals surface area contributed by atoms with E-state index in [0.717, 1.165) is 9.21 Å². The minimum atomic E-state index is -3.57. The van der Waals surface area contributed by atoms with Crippen LogP contribution in [-0.4, -0.2) is 77.3 Å². The Morgan fingerprint density at radius 2 is 1.80 bits per heavy atom. The fraction of sp³-hybridized carbons (Fsp3) is 0.500. The highest BCUT2D eigenvalue weighted by Gasteiger charge is 2.25. The number of nitrogens with one attached hydrogen (secondary N) is 2. The maximum atomic E-state index is 12.4. The van der Waals surface area contributed by atoms with Gasteiger partial charge >= 0.3 is 0 Å². The normalized spacial score (nSPS) is 14.0. The van der Waals surface area contributed by atoms with E-state index >= 15 is 0 Å². The van der Waals surface area contributed by atoms with Gasteiger partial charge in [-0.05, 0) is 25.1 Å². The average molecular weight is 371 g/mol. The molecule has 0 aromatic heterocycles. The Labute approximate surface area is 149 Å². The second-order valence-corrected chi connectivity index (χ2v) is 8.49. The first kappa shape index (κ1) is 21.1. The highest BCUT2D eigenvalue weighted by Crippen LogP contribution is 2.17. The van der Waals surface area contributed by atoms with Crippen LogP contribution in [0.3, 0.4) is 0 Å². The lowest BCUT2D eigenvalue weighted by atomic mass is 10.2. The first-order valence-corrected chi connectivity index (χ1v) is 9.26. The minimum absolute atomic E-state index is 0.0729. The van der Waals surface area contributed by atoms with Crippen LogP contribution in [0.4, 0.5) is 5.69 Å². The van der Waals surface area contributed by atoms with E-state index in [1.54, 1.807) is 40.2 Å². The van der Waals surface area contributed by atoms with Crippen LogP contribution >= 0.6 is 0 Å². The fourth-order valence-corrected chi connectivity index (χ4v) is 2.92. The predicted octanol–water partition coefficient (Wildman–Crippen LogP) is -1.13. The summed E-state index contributed by atoms with van der Waals surface area (Å²) >= 11 is 0. The Hall–Kier alpha value is -1.97. The third-order valence-corrected chi connectivity index (χ3v) is 5.75. The number of benzene rings is 1. The van der Waals surface area contributed by atoms with Crippen molar-refractivity contribution < 1.29 is 22.9 Å². The van der Waals surface area contributed by atoms with Crippen LogP contribution in [-0.2, 0) is 19.6 Å². The van der Waals surface area contributed by atoms with E-state index in [2.05, 4.69) is 5.32 Å². The standard InChI is InChI=1S/C16H26N4O4S/c1-12(20(6)11-15(21)18(2)3)16(22)17-13-8-7-9-14(10-13)25(23,24)19(4)5/h7-10,12H,11H2,1-6H3,(H,17,22)/p+1/t12-/m1/s1. The Bertz CT molecular complexity index is 731. The molecule has 1 rings (SSSR count). The molecule has 0 heterocycles. The lowest BCUT2D eigenvalue weighted by Crippen LogP contribution is -3.15. The summed E-state index contributed by atoms with van der Waals surface area (Å²) in [5.41, 5.74) is 0.395. The topological polar surface area (TPSA) is 91.2 Å². The van der Waals surface area contributed by atoms with Crippen LogP contribution in [0.1, 0.15) is 6.92 Å². The summed E-state index contributed by atoms with van der Waals surface area (Å²) in [7, 11) is 4.41. The summed E-state index contributed by atoms with van der Waals surface area (Å²) < 4.78 is 25.4. The van der Waals surface area contributed by atoms with E-state index in [1.165, 1.54) is 31.1 Å². The lowest BCUT2D eigenvalue weighted by molar-refractivity contribution is -0.886. The molecule has 2 N–H and O–H groups in total. The summed E-state index contributed by atoms with van der Waals surface area (Å²) in [5, 5.41) is 2.71. The largest absolute Gasteiger partial charge is 0.344 e. The van der Waals surface area contributed by atoms with Crippen molar-refractivity contribution in [2.24, 2.45) is 0 Å². The molecule has 1 aromatic rings. The van der Waals surface area contributed by atoms with Crippen LogP contribution in [0, 0.1) is 0 Å². The number of rotatable bonds is 7. The number of amides is 2. The predicted molar refractivity (Wildman–Crippen MR) is 95.9 cm³/mol. The number of hydrogen-bond acceptors (Lipinski definition) is 4. The number of carbonyl (C=O) groups is 2. The Morgan fingerprint density at radius 1 is 1.20 bits per heavy atom. The molecule has 0 radical (unpaired) electrons. The molecule has 0 aliphatic heterocycles. The van der Waals surface area contributed by atoms with Crippen molar-refractivity contribution in [3.63, 3.8) is 0 Å². The van der Waals surface area contributed by atoms with Crippen molar-refractivity contribution in [1.29, 1.82) is 0 Å². The molecule has 9 heteroatoms. The molecule has 0 fully saturated rings. The second-order valence-electron chi connectivity index (χ2n) is 6.34. The molecule has 0 saturated heterocycles. The maximum Gasteiger partial charge on any atom is 0.282 e. The summed E-state index contributed by atoms with van der Waals surface area (Å²) in [6.07, 6.45) is 0. The molecule has 2 amide bonds. The van der Waals surface area contributed by atoms with E-state index in [-0.39, 0.29) is 23.3 Å². The molecule has 0 saturated carbocycles. The van der Waals surface area contributed by atoms with Crippen LogP contribution in [0.25, 0.3) is 0 Å². The molecule has 0 aliphatic carbocycles. The minimum Gasteiger partial charge on any atom is -0.344 e. The molecule has 1 aromatic carbocycles. The van der Waals surface area contributed by atoms with Crippen molar-refractivity contribution in [1.82, 2.24) is 9.21 Å². The number of sulfonamides is 1. The second kappa shape index (κ2) is 8.41. The van der Waals surface area contributed by atoms with Gasteiger partial charge < -0.3 is 15.1 Å². The number of anilines is 1. The van der Waals surface area contributed by atoms with Gasteiger partial charge in [0.15, 0.2) is 12.6 Å². The van der Waals surface area contributed by atoms with Gasteiger partial charge in [-0.2, -0.15) is 0 Å². The van der Waals surface area contributed by atoms with Gasteiger partial charge in [0.2, 0.25) is 10.0 Å². The molecule has 1 unspecified atom stereocenters. The van der Waals surface area contributed by atoms with Gasteiger partial charge in [-0.3, -0.25) is 9.59 Å². The monoisotopic (exact) mass is 371 g/mol. The van der Waals surface area contributed by atoms with Gasteiger partial charge in [0.05, 0.1) is 11.9 Å². The van der Waals surface area contributed by atoms with Crippen molar-refractivity contribution >= 4 is 27.5 Å². The highest BCUT2D eigenvalue weighted by molar-refractivity contribution is 7.89. The van der Waals surface area contributed by atoms with E-state index in [0.29, 0.717) is 5.69 Å². The van der Waals surface area contributed by atoms with E-state index in [9.17, 15) is 18.0 Å². The summed E-state index contributed by atoms with van der Waals surface area (Å²) in [5.74, 6) is -0.361. The van der Waals surface area contributed by atoms with Crippen LogP contribution < -0.4 is 10.2 Å².